The molecule has 29 heavy (non-hydrogen) atoms. The second-order valence-electron chi connectivity index (χ2n) is 6.98. The predicted octanol–water partition coefficient (Wildman–Crippen LogP) is 2.66. The summed E-state index contributed by atoms with van der Waals surface area (Å²) in [4.78, 5) is 29.1. The second-order valence-corrected chi connectivity index (χ2v) is 7.37. The normalized spacial score (nSPS) is 18.9. The van der Waals surface area contributed by atoms with Crippen LogP contribution in [0.2, 0.25) is 0 Å². The van der Waals surface area contributed by atoms with Crippen molar-refractivity contribution in [2.24, 2.45) is 0 Å². The van der Waals surface area contributed by atoms with E-state index in [1.807, 2.05) is 55.5 Å². The van der Waals surface area contributed by atoms with Gasteiger partial charge in [0.25, 0.3) is 11.8 Å². The molecule has 0 bridgehead atoms. The van der Waals surface area contributed by atoms with Crippen LogP contribution < -0.4 is 15.1 Å². The van der Waals surface area contributed by atoms with Crippen LogP contribution in [0.4, 0.5) is 11.4 Å². The van der Waals surface area contributed by atoms with Crippen molar-refractivity contribution in [2.45, 2.75) is 6.92 Å². The lowest BCUT2D eigenvalue weighted by molar-refractivity contribution is -0.122. The summed E-state index contributed by atoms with van der Waals surface area (Å²) in [5, 5.41) is 2.70. The highest BCUT2D eigenvalue weighted by Crippen LogP contribution is 2.23. The molecule has 2 aromatic rings. The summed E-state index contributed by atoms with van der Waals surface area (Å²) >= 11 is 5.23. The summed E-state index contributed by atoms with van der Waals surface area (Å²) in [6.07, 6.45) is 1.60. The molecule has 148 valence electrons. The van der Waals surface area contributed by atoms with Gasteiger partial charge in [-0.05, 0) is 55.0 Å². The number of rotatable bonds is 3. The van der Waals surface area contributed by atoms with Crippen LogP contribution in [0.15, 0.2) is 54.1 Å². The fraction of sp³-hybridized carbons (Fsp3) is 0.227. The first-order valence-corrected chi connectivity index (χ1v) is 9.84. The van der Waals surface area contributed by atoms with Crippen molar-refractivity contribution in [3.05, 3.63) is 65.2 Å². The van der Waals surface area contributed by atoms with Gasteiger partial charge < -0.3 is 9.64 Å². The third-order valence-corrected chi connectivity index (χ3v) is 5.26. The molecule has 2 fully saturated rings. The molecule has 0 radical (unpaired) electrons. The molecule has 2 heterocycles. The monoisotopic (exact) mass is 407 g/mol. The first kappa shape index (κ1) is 19.3. The van der Waals surface area contributed by atoms with E-state index in [-0.39, 0.29) is 10.7 Å². The third-order valence-electron chi connectivity index (χ3n) is 4.97. The van der Waals surface area contributed by atoms with Crippen molar-refractivity contribution in [1.29, 1.82) is 0 Å². The smallest absolute Gasteiger partial charge is 0.270 e. The van der Waals surface area contributed by atoms with Crippen molar-refractivity contribution < 1.29 is 14.3 Å². The summed E-state index contributed by atoms with van der Waals surface area (Å²) in [5.74, 6) is -0.916. The molecular formula is C22H21N3O3S. The van der Waals surface area contributed by atoms with Gasteiger partial charge in [0, 0.05) is 18.8 Å². The van der Waals surface area contributed by atoms with Crippen molar-refractivity contribution in [3.8, 4) is 0 Å². The first-order valence-electron chi connectivity index (χ1n) is 9.44. The summed E-state index contributed by atoms with van der Waals surface area (Å²) in [5.41, 5.74) is 3.62. The Bertz CT molecular complexity index is 977. The number of nitrogens with one attached hydrogen (secondary N) is 1. The molecule has 2 aliphatic heterocycles. The van der Waals surface area contributed by atoms with Crippen LogP contribution in [0.3, 0.4) is 0 Å². The summed E-state index contributed by atoms with van der Waals surface area (Å²) in [6.45, 7) is 5.10. The molecule has 4 rings (SSSR count). The summed E-state index contributed by atoms with van der Waals surface area (Å²) in [7, 11) is 0. The molecule has 0 aromatic heterocycles. The number of nitrogens with zero attached hydrogens (tertiary/aromatic N) is 2. The van der Waals surface area contributed by atoms with E-state index in [0.717, 1.165) is 43.1 Å². The molecule has 0 spiro atoms. The van der Waals surface area contributed by atoms with E-state index in [2.05, 4.69) is 10.2 Å². The zero-order chi connectivity index (χ0) is 20.4. The number of hydrogen-bond donors (Lipinski definition) is 1. The maximum atomic E-state index is 13.0. The molecule has 1 N–H and O–H groups in total. The molecule has 6 nitrogen and oxygen atoms in total. The fourth-order valence-electron chi connectivity index (χ4n) is 3.36. The van der Waals surface area contributed by atoms with E-state index < -0.39 is 11.8 Å². The van der Waals surface area contributed by atoms with Crippen LogP contribution in [0.25, 0.3) is 6.08 Å². The number of thiocarbonyl (C=S) groups is 1. The molecule has 0 saturated carbocycles. The van der Waals surface area contributed by atoms with Gasteiger partial charge in [0.15, 0.2) is 5.11 Å². The van der Waals surface area contributed by atoms with Gasteiger partial charge in [0.1, 0.15) is 5.57 Å². The maximum absolute atomic E-state index is 13.0. The quantitative estimate of drug-likeness (QED) is 0.482. The number of morpholine rings is 1. The Balaban J connectivity index is 1.59. The van der Waals surface area contributed by atoms with Crippen LogP contribution >= 0.6 is 12.2 Å². The zero-order valence-corrected chi connectivity index (χ0v) is 16.9. The highest BCUT2D eigenvalue weighted by Gasteiger charge is 2.34. The van der Waals surface area contributed by atoms with Crippen LogP contribution in [0.1, 0.15) is 11.1 Å². The minimum Gasteiger partial charge on any atom is -0.378 e. The summed E-state index contributed by atoms with van der Waals surface area (Å²) in [6, 6.07) is 15.2. The molecule has 2 amide bonds. The second kappa shape index (κ2) is 8.14. The van der Waals surface area contributed by atoms with Gasteiger partial charge in [-0.3, -0.25) is 19.8 Å². The largest absolute Gasteiger partial charge is 0.378 e. The number of benzene rings is 2. The Hall–Kier alpha value is -3.03. The number of carbonyl (C=O) groups excluding carboxylic acids is 2. The molecule has 0 unspecified atom stereocenters. The van der Waals surface area contributed by atoms with Crippen LogP contribution in [0.5, 0.6) is 0 Å². The number of carbonyl (C=O) groups is 2. The van der Waals surface area contributed by atoms with Crippen molar-refractivity contribution >= 4 is 46.6 Å². The molecular weight excluding hydrogens is 386 g/mol. The lowest BCUT2D eigenvalue weighted by Crippen LogP contribution is -2.54. The topological polar surface area (TPSA) is 61.9 Å². The number of aryl methyl sites for hydroxylation is 1. The van der Waals surface area contributed by atoms with E-state index in [4.69, 9.17) is 17.0 Å². The Morgan fingerprint density at radius 3 is 2.24 bits per heavy atom. The van der Waals surface area contributed by atoms with Crippen LogP contribution in [0, 0.1) is 6.92 Å². The molecule has 2 aliphatic rings. The average Bonchev–Trinajstić information content (AvgIpc) is 2.73. The van der Waals surface area contributed by atoms with E-state index in [1.165, 1.54) is 4.90 Å². The minimum atomic E-state index is -0.486. The van der Waals surface area contributed by atoms with Crippen LogP contribution in [-0.2, 0) is 14.3 Å². The highest BCUT2D eigenvalue weighted by molar-refractivity contribution is 7.80. The van der Waals surface area contributed by atoms with E-state index in [9.17, 15) is 9.59 Å². The predicted molar refractivity (Wildman–Crippen MR) is 117 cm³/mol. The summed E-state index contributed by atoms with van der Waals surface area (Å²) < 4.78 is 5.38. The number of hydrogen-bond acceptors (Lipinski definition) is 5. The van der Waals surface area contributed by atoms with Crippen LogP contribution in [-0.4, -0.2) is 43.2 Å². The molecule has 0 aliphatic carbocycles. The molecule has 2 saturated heterocycles. The lowest BCUT2D eigenvalue weighted by Gasteiger charge is -2.29. The van der Waals surface area contributed by atoms with E-state index in [1.54, 1.807) is 6.08 Å². The lowest BCUT2D eigenvalue weighted by atomic mass is 10.1. The van der Waals surface area contributed by atoms with Gasteiger partial charge in [-0.1, -0.05) is 29.8 Å². The number of amides is 2. The van der Waals surface area contributed by atoms with Crippen molar-refractivity contribution in [1.82, 2.24) is 5.32 Å². The van der Waals surface area contributed by atoms with E-state index in [0.29, 0.717) is 5.69 Å². The molecule has 0 atom stereocenters. The standard InChI is InChI=1S/C22H21N3O3S/c1-15-2-6-18(7-3-15)25-21(27)19(20(26)23-22(25)29)14-16-4-8-17(9-5-16)24-10-12-28-13-11-24/h2-9,14H,10-13H2,1H3,(H,23,26,29)/b19-14+. The maximum Gasteiger partial charge on any atom is 0.270 e. The Morgan fingerprint density at radius 1 is 0.966 bits per heavy atom. The fourth-order valence-corrected chi connectivity index (χ4v) is 3.64. The van der Waals surface area contributed by atoms with Gasteiger partial charge in [-0.2, -0.15) is 0 Å². The third kappa shape index (κ3) is 4.06. The Morgan fingerprint density at radius 2 is 1.59 bits per heavy atom. The van der Waals surface area contributed by atoms with Crippen molar-refractivity contribution in [2.75, 3.05) is 36.1 Å². The van der Waals surface area contributed by atoms with Gasteiger partial charge in [-0.15, -0.1) is 0 Å². The SMILES string of the molecule is Cc1ccc(N2C(=O)/C(=C/c3ccc(N4CCOCC4)cc3)C(=O)NC2=S)cc1. The van der Waals surface area contributed by atoms with Crippen molar-refractivity contribution in [3.63, 3.8) is 0 Å². The highest BCUT2D eigenvalue weighted by atomic mass is 32.1. The van der Waals surface area contributed by atoms with Gasteiger partial charge in [-0.25, -0.2) is 0 Å². The van der Waals surface area contributed by atoms with Gasteiger partial charge in [0.05, 0.1) is 18.9 Å². The van der Waals surface area contributed by atoms with E-state index >= 15 is 0 Å². The molecule has 2 aromatic carbocycles. The average molecular weight is 407 g/mol. The van der Waals surface area contributed by atoms with Gasteiger partial charge in [0.2, 0.25) is 0 Å². The zero-order valence-electron chi connectivity index (χ0n) is 16.1. The minimum absolute atomic E-state index is 0.0540. The van der Waals surface area contributed by atoms with Gasteiger partial charge >= 0.3 is 0 Å². The number of anilines is 2. The Kier molecular flexibility index (Phi) is 5.42. The number of ether oxygens (including phenoxy) is 1. The Labute approximate surface area is 174 Å². The molecule has 7 heteroatoms. The first-order chi connectivity index (χ1) is 14.0.